The van der Waals surface area contributed by atoms with Crippen molar-refractivity contribution in [2.24, 2.45) is 5.92 Å². The largest absolute Gasteiger partial charge is 0.349 e. The van der Waals surface area contributed by atoms with Gasteiger partial charge in [0, 0.05) is 76.6 Å². The summed E-state index contributed by atoms with van der Waals surface area (Å²) >= 11 is 0. The number of hydrogen-bond donors (Lipinski definition) is 1. The molecule has 8 heteroatoms. The van der Waals surface area contributed by atoms with Gasteiger partial charge in [-0.2, -0.15) is 5.26 Å². The number of carbonyl (C=O) groups is 1. The van der Waals surface area contributed by atoms with Crippen LogP contribution >= 0.6 is 0 Å². The predicted octanol–water partition coefficient (Wildman–Crippen LogP) is 2.50. The van der Waals surface area contributed by atoms with E-state index in [1.165, 1.54) is 32.2 Å². The van der Waals surface area contributed by atoms with Gasteiger partial charge in [-0.3, -0.25) is 9.69 Å². The minimum atomic E-state index is 0.0643. The lowest BCUT2D eigenvalue weighted by Gasteiger charge is -2.44. The zero-order chi connectivity index (χ0) is 22.1. The third-order valence-electron chi connectivity index (χ3n) is 7.57. The van der Waals surface area contributed by atoms with Crippen molar-refractivity contribution in [3.63, 3.8) is 0 Å². The first-order valence-electron chi connectivity index (χ1n) is 11.9. The van der Waals surface area contributed by atoms with E-state index in [0.29, 0.717) is 19.1 Å². The zero-order valence-corrected chi connectivity index (χ0v) is 19.0. The van der Waals surface area contributed by atoms with Crippen LogP contribution in [-0.4, -0.2) is 89.6 Å². The lowest BCUT2D eigenvalue weighted by Crippen LogP contribution is -2.51. The lowest BCUT2D eigenvalue weighted by atomic mass is 9.84. The zero-order valence-electron chi connectivity index (χ0n) is 19.0. The topological polar surface area (TPSA) is 82.5 Å². The van der Waals surface area contributed by atoms with Gasteiger partial charge < -0.3 is 19.7 Å². The first-order valence-corrected chi connectivity index (χ1v) is 11.9. The van der Waals surface area contributed by atoms with Crippen molar-refractivity contribution in [1.82, 2.24) is 24.7 Å². The summed E-state index contributed by atoms with van der Waals surface area (Å²) in [4.78, 5) is 29.8. The maximum Gasteiger partial charge on any atom is 0.258 e. The summed E-state index contributed by atoms with van der Waals surface area (Å²) in [5.74, 6) is 0.819. The lowest BCUT2D eigenvalue weighted by molar-refractivity contribution is 0.0771. The number of fused-ring (bicyclic) bond motifs is 3. The minimum Gasteiger partial charge on any atom is -0.349 e. The average molecular weight is 436 g/mol. The van der Waals surface area contributed by atoms with Crippen LogP contribution in [0.3, 0.4) is 0 Å². The number of amides is 1. The third-order valence-corrected chi connectivity index (χ3v) is 7.57. The highest BCUT2D eigenvalue weighted by Crippen LogP contribution is 2.38. The molecular formula is C24H33N7O. The molecule has 1 amide bonds. The van der Waals surface area contributed by atoms with Crippen molar-refractivity contribution in [2.45, 2.75) is 38.1 Å². The number of nitrogens with zero attached hydrogens (tertiary/aromatic N) is 6. The molecule has 0 bridgehead atoms. The Hall–Kier alpha value is -2.63. The van der Waals surface area contributed by atoms with Gasteiger partial charge in [0.2, 0.25) is 0 Å². The quantitative estimate of drug-likeness (QED) is 0.777. The van der Waals surface area contributed by atoms with Gasteiger partial charge in [-0.25, -0.2) is 4.98 Å². The summed E-state index contributed by atoms with van der Waals surface area (Å²) in [6.45, 7) is 7.17. The molecular weight excluding hydrogens is 402 g/mol. The number of carbonyl (C=O) groups excluding carboxylic acids is 1. The molecule has 4 heterocycles. The van der Waals surface area contributed by atoms with Crippen LogP contribution in [-0.2, 0) is 0 Å². The Morgan fingerprint density at radius 1 is 1.16 bits per heavy atom. The first-order chi connectivity index (χ1) is 15.6. The Labute approximate surface area is 189 Å². The van der Waals surface area contributed by atoms with Crippen molar-refractivity contribution in [3.05, 3.63) is 24.0 Å². The molecule has 2 aromatic rings. The normalized spacial score (nSPS) is 25.2. The smallest absolute Gasteiger partial charge is 0.258 e. The fraction of sp³-hybridized carbons (Fsp3) is 0.625. The Bertz CT molecular complexity index is 995. The molecule has 2 fully saturated rings. The number of pyridine rings is 1. The van der Waals surface area contributed by atoms with E-state index in [-0.39, 0.29) is 5.91 Å². The van der Waals surface area contributed by atoms with Crippen LogP contribution in [0, 0.1) is 17.2 Å². The van der Waals surface area contributed by atoms with Gasteiger partial charge in [0.05, 0.1) is 24.0 Å². The molecule has 32 heavy (non-hydrogen) atoms. The van der Waals surface area contributed by atoms with Gasteiger partial charge in [-0.15, -0.1) is 0 Å². The van der Waals surface area contributed by atoms with Gasteiger partial charge in [-0.1, -0.05) is 0 Å². The SMILES string of the molecule is CN1CN(C2CCC(CN3CCN(CCC#N)CC3)CC2)c2c(cnc3[nH]ccc23)C1=O. The third kappa shape index (κ3) is 4.07. The summed E-state index contributed by atoms with van der Waals surface area (Å²) in [5.41, 5.74) is 2.65. The number of H-pyrrole nitrogens is 1. The molecule has 2 aromatic heterocycles. The molecule has 170 valence electrons. The molecule has 0 unspecified atom stereocenters. The Morgan fingerprint density at radius 3 is 2.66 bits per heavy atom. The average Bonchev–Trinajstić information content (AvgIpc) is 3.30. The summed E-state index contributed by atoms with van der Waals surface area (Å²) < 4.78 is 0. The highest BCUT2D eigenvalue weighted by molar-refractivity contribution is 6.08. The van der Waals surface area contributed by atoms with Crippen molar-refractivity contribution in [3.8, 4) is 6.07 Å². The fourth-order valence-corrected chi connectivity index (χ4v) is 5.73. The molecule has 3 aliphatic rings. The van der Waals surface area contributed by atoms with E-state index in [9.17, 15) is 4.79 Å². The van der Waals surface area contributed by atoms with Crippen molar-refractivity contribution in [2.75, 3.05) is 57.9 Å². The maximum atomic E-state index is 12.8. The number of aromatic nitrogens is 2. The van der Waals surface area contributed by atoms with E-state index in [1.807, 2.05) is 18.1 Å². The van der Waals surface area contributed by atoms with Crippen LogP contribution in [0.2, 0.25) is 0 Å². The molecule has 1 N–H and O–H groups in total. The van der Waals surface area contributed by atoms with Crippen LogP contribution in [0.5, 0.6) is 0 Å². The Balaban J connectivity index is 1.21. The van der Waals surface area contributed by atoms with E-state index in [2.05, 4.69) is 36.8 Å². The number of nitrogens with one attached hydrogen (secondary N) is 1. The fourth-order valence-electron chi connectivity index (χ4n) is 5.73. The van der Waals surface area contributed by atoms with Gasteiger partial charge >= 0.3 is 0 Å². The minimum absolute atomic E-state index is 0.0643. The second kappa shape index (κ2) is 9.08. The van der Waals surface area contributed by atoms with Crippen LogP contribution in [0.25, 0.3) is 11.0 Å². The second-order valence-electron chi connectivity index (χ2n) is 9.60. The summed E-state index contributed by atoms with van der Waals surface area (Å²) in [6, 6.07) is 4.77. The second-order valence-corrected chi connectivity index (χ2v) is 9.60. The van der Waals surface area contributed by atoms with Crippen molar-refractivity contribution >= 4 is 22.6 Å². The highest BCUT2D eigenvalue weighted by atomic mass is 16.2. The van der Waals surface area contributed by atoms with E-state index < -0.39 is 0 Å². The number of piperazine rings is 1. The van der Waals surface area contributed by atoms with E-state index in [0.717, 1.165) is 60.9 Å². The molecule has 0 radical (unpaired) electrons. The number of hydrogen-bond acceptors (Lipinski definition) is 6. The molecule has 1 saturated heterocycles. The van der Waals surface area contributed by atoms with Crippen LogP contribution in [0.15, 0.2) is 18.5 Å². The number of anilines is 1. The molecule has 5 rings (SSSR count). The first kappa shape index (κ1) is 21.2. The monoisotopic (exact) mass is 435 g/mol. The molecule has 0 spiro atoms. The molecule has 1 saturated carbocycles. The molecule has 1 aliphatic carbocycles. The van der Waals surface area contributed by atoms with Gasteiger partial charge in [0.25, 0.3) is 5.91 Å². The number of rotatable bonds is 5. The van der Waals surface area contributed by atoms with Gasteiger partial charge in [-0.05, 0) is 37.7 Å². The Kier molecular flexibility index (Phi) is 6.03. The van der Waals surface area contributed by atoms with Gasteiger partial charge in [0.15, 0.2) is 0 Å². The van der Waals surface area contributed by atoms with Gasteiger partial charge in [0.1, 0.15) is 5.65 Å². The highest BCUT2D eigenvalue weighted by Gasteiger charge is 2.35. The standard InChI is InChI=1S/C24H33N7O/c1-28-17-31(22-20-7-9-26-23(20)27-15-21(22)24(28)32)19-5-3-18(4-6-19)16-30-13-11-29(12-14-30)10-2-8-25/h7,9,15,18-19H,2-6,10-14,16-17H2,1H3,(H,26,27). The maximum absolute atomic E-state index is 12.8. The number of aromatic amines is 1. The number of nitriles is 1. The summed E-state index contributed by atoms with van der Waals surface area (Å²) in [7, 11) is 1.89. The molecule has 8 nitrogen and oxygen atoms in total. The van der Waals surface area contributed by atoms with Crippen molar-refractivity contribution < 1.29 is 4.79 Å². The summed E-state index contributed by atoms with van der Waals surface area (Å²) in [5, 5.41) is 9.84. The van der Waals surface area contributed by atoms with E-state index in [4.69, 9.17) is 5.26 Å². The van der Waals surface area contributed by atoms with Crippen molar-refractivity contribution in [1.29, 1.82) is 5.26 Å². The van der Waals surface area contributed by atoms with Crippen LogP contribution in [0.4, 0.5) is 5.69 Å². The van der Waals surface area contributed by atoms with E-state index in [1.54, 1.807) is 6.20 Å². The van der Waals surface area contributed by atoms with E-state index >= 15 is 0 Å². The predicted molar refractivity (Wildman–Crippen MR) is 124 cm³/mol. The molecule has 2 aliphatic heterocycles. The summed E-state index contributed by atoms with van der Waals surface area (Å²) in [6.07, 6.45) is 9.10. The molecule has 0 atom stereocenters. The van der Waals surface area contributed by atoms with Crippen LogP contribution in [0.1, 0.15) is 42.5 Å². The Morgan fingerprint density at radius 2 is 1.91 bits per heavy atom. The van der Waals surface area contributed by atoms with Crippen LogP contribution < -0.4 is 4.90 Å². The molecule has 0 aromatic carbocycles.